The van der Waals surface area contributed by atoms with Crippen molar-refractivity contribution < 1.29 is 14.3 Å². The Balaban J connectivity index is 1.60. The maximum absolute atomic E-state index is 13.4. The van der Waals surface area contributed by atoms with Crippen molar-refractivity contribution >= 4 is 28.3 Å². The second kappa shape index (κ2) is 10.1. The van der Waals surface area contributed by atoms with Gasteiger partial charge in [-0.05, 0) is 69.5 Å². The monoisotopic (exact) mass is 547 g/mol. The molecular weight excluding hydrogens is 506 g/mol. The minimum Gasteiger partial charge on any atom is -0.444 e. The number of aromatic nitrogens is 3. The molecule has 0 saturated carbocycles. The second-order valence-electron chi connectivity index (χ2n) is 13.0. The highest BCUT2D eigenvalue weighted by molar-refractivity contribution is 6.00. The van der Waals surface area contributed by atoms with Crippen LogP contribution in [0.5, 0.6) is 0 Å². The van der Waals surface area contributed by atoms with E-state index in [0.717, 1.165) is 58.7 Å². The first-order chi connectivity index (χ1) is 18.8. The third kappa shape index (κ3) is 5.38. The summed E-state index contributed by atoms with van der Waals surface area (Å²) in [5.74, 6) is 0.135. The van der Waals surface area contributed by atoms with Gasteiger partial charge in [-0.15, -0.1) is 0 Å². The van der Waals surface area contributed by atoms with Gasteiger partial charge in [0.1, 0.15) is 5.60 Å². The smallest absolute Gasteiger partial charge is 0.410 e. The lowest BCUT2D eigenvalue weighted by Gasteiger charge is -2.37. The molecule has 0 bridgehead atoms. The average Bonchev–Trinajstić information content (AvgIpc) is 3.17. The Labute approximate surface area is 235 Å². The first-order valence-electron chi connectivity index (χ1n) is 14.3. The third-order valence-electron chi connectivity index (χ3n) is 7.72. The van der Waals surface area contributed by atoms with Gasteiger partial charge in [0.05, 0.1) is 33.7 Å². The average molecular weight is 548 g/mol. The summed E-state index contributed by atoms with van der Waals surface area (Å²) in [6.07, 6.45) is 2.63. The van der Waals surface area contributed by atoms with Crippen molar-refractivity contribution in [2.45, 2.75) is 79.8 Å². The summed E-state index contributed by atoms with van der Waals surface area (Å²) in [6.45, 7) is 15.9. The summed E-state index contributed by atoms with van der Waals surface area (Å²) in [5, 5.41) is 6.32. The predicted octanol–water partition coefficient (Wildman–Crippen LogP) is 5.19. The number of anilines is 1. The molecular formula is C31H41N5O4. The first-order valence-corrected chi connectivity index (χ1v) is 14.3. The first kappa shape index (κ1) is 27.9. The van der Waals surface area contributed by atoms with E-state index in [0.29, 0.717) is 38.0 Å². The van der Waals surface area contributed by atoms with Gasteiger partial charge in [0.15, 0.2) is 5.78 Å². The van der Waals surface area contributed by atoms with Gasteiger partial charge in [0.25, 0.3) is 5.56 Å². The Hall–Kier alpha value is -3.62. The van der Waals surface area contributed by atoms with Crippen molar-refractivity contribution in [2.24, 2.45) is 5.41 Å². The standard InChI is InChI=1S/C31H41N5O4/c1-8-9-21-14-20-15-22(36-24-17-31(6,7)18-25(37)26(24)19(2)33-36)16-23(27(20)28(38)32-21)34-10-12-35(13-11-34)29(39)40-30(3,4)5/h14-16H,8-13,17-18H2,1-7H3,(H,32,38). The summed E-state index contributed by atoms with van der Waals surface area (Å²) < 4.78 is 7.48. The van der Waals surface area contributed by atoms with E-state index in [9.17, 15) is 14.4 Å². The lowest BCUT2D eigenvalue weighted by molar-refractivity contribution is 0.0240. The largest absolute Gasteiger partial charge is 0.444 e. The zero-order valence-corrected chi connectivity index (χ0v) is 24.8. The molecule has 2 aliphatic rings. The van der Waals surface area contributed by atoms with Crippen LogP contribution >= 0.6 is 0 Å². The molecule has 3 heterocycles. The van der Waals surface area contributed by atoms with Gasteiger partial charge in [-0.3, -0.25) is 9.59 Å². The predicted molar refractivity (Wildman–Crippen MR) is 157 cm³/mol. The Kier molecular flexibility index (Phi) is 7.04. The van der Waals surface area contributed by atoms with Crippen LogP contribution in [0.25, 0.3) is 16.5 Å². The molecule has 5 rings (SSSR count). The molecule has 0 unspecified atom stereocenters. The number of rotatable bonds is 4. The number of piperazine rings is 1. The molecule has 1 N–H and O–H groups in total. The van der Waals surface area contributed by atoms with E-state index in [4.69, 9.17) is 9.84 Å². The van der Waals surface area contributed by atoms with Crippen LogP contribution in [0.15, 0.2) is 23.0 Å². The lowest BCUT2D eigenvalue weighted by atomic mass is 9.75. The number of hydrogen-bond acceptors (Lipinski definition) is 6. The number of H-pyrrole nitrogens is 1. The Bertz CT molecular complexity index is 1530. The van der Waals surface area contributed by atoms with Crippen molar-refractivity contribution in [3.05, 3.63) is 51.2 Å². The fourth-order valence-electron chi connectivity index (χ4n) is 6.01. The van der Waals surface area contributed by atoms with Crippen molar-refractivity contribution in [1.82, 2.24) is 19.7 Å². The molecule has 9 nitrogen and oxygen atoms in total. The van der Waals surface area contributed by atoms with Gasteiger partial charge in [0, 0.05) is 38.3 Å². The minimum absolute atomic E-state index is 0.118. The summed E-state index contributed by atoms with van der Waals surface area (Å²) in [5.41, 5.74) is 4.10. The van der Waals surface area contributed by atoms with Crippen molar-refractivity contribution in [2.75, 3.05) is 31.1 Å². The molecule has 0 spiro atoms. The fourth-order valence-corrected chi connectivity index (χ4v) is 6.01. The number of carbonyl (C=O) groups excluding carboxylic acids is 2. The number of aryl methyl sites for hydroxylation is 2. The normalized spacial score (nSPS) is 17.3. The highest BCUT2D eigenvalue weighted by Gasteiger charge is 2.36. The number of fused-ring (bicyclic) bond motifs is 2. The highest BCUT2D eigenvalue weighted by atomic mass is 16.6. The Morgan fingerprint density at radius 2 is 1.77 bits per heavy atom. The van der Waals surface area contributed by atoms with Crippen LogP contribution in [0.2, 0.25) is 0 Å². The molecule has 3 aromatic rings. The molecule has 9 heteroatoms. The summed E-state index contributed by atoms with van der Waals surface area (Å²) in [4.78, 5) is 46.2. The number of amides is 1. The summed E-state index contributed by atoms with van der Waals surface area (Å²) in [7, 11) is 0. The molecule has 1 aromatic carbocycles. The van der Waals surface area contributed by atoms with Crippen LogP contribution in [0.3, 0.4) is 0 Å². The number of ketones is 1. The maximum atomic E-state index is 13.4. The van der Waals surface area contributed by atoms with Crippen LogP contribution in [0, 0.1) is 12.3 Å². The minimum atomic E-state index is -0.556. The van der Waals surface area contributed by atoms with Crippen LogP contribution in [0.4, 0.5) is 10.5 Å². The number of benzene rings is 1. The van der Waals surface area contributed by atoms with E-state index in [1.165, 1.54) is 0 Å². The van der Waals surface area contributed by atoms with E-state index in [1.807, 2.05) is 44.5 Å². The topological polar surface area (TPSA) is 101 Å². The summed E-state index contributed by atoms with van der Waals surface area (Å²) in [6, 6.07) is 6.09. The number of Topliss-reactive ketones (excluding diaryl/α,β-unsaturated/α-hetero) is 1. The van der Waals surface area contributed by atoms with E-state index in [2.05, 4.69) is 36.7 Å². The molecule has 0 atom stereocenters. The van der Waals surface area contributed by atoms with E-state index in [1.54, 1.807) is 4.90 Å². The Morgan fingerprint density at radius 3 is 2.42 bits per heavy atom. The number of pyridine rings is 1. The van der Waals surface area contributed by atoms with Crippen molar-refractivity contribution in [3.63, 3.8) is 0 Å². The molecule has 1 fully saturated rings. The third-order valence-corrected chi connectivity index (χ3v) is 7.72. The number of nitrogens with one attached hydrogen (secondary N) is 1. The van der Waals surface area contributed by atoms with Crippen LogP contribution in [-0.4, -0.2) is 63.3 Å². The van der Waals surface area contributed by atoms with Crippen LogP contribution < -0.4 is 10.5 Å². The summed E-state index contributed by atoms with van der Waals surface area (Å²) >= 11 is 0. The lowest BCUT2D eigenvalue weighted by Crippen LogP contribution is -2.50. The molecule has 2 aromatic heterocycles. The van der Waals surface area contributed by atoms with E-state index in [-0.39, 0.29) is 22.9 Å². The van der Waals surface area contributed by atoms with E-state index < -0.39 is 5.60 Å². The Morgan fingerprint density at radius 1 is 1.07 bits per heavy atom. The highest BCUT2D eigenvalue weighted by Crippen LogP contribution is 2.38. The number of carbonyl (C=O) groups is 2. The van der Waals surface area contributed by atoms with Gasteiger partial charge in [-0.1, -0.05) is 27.2 Å². The van der Waals surface area contributed by atoms with Crippen LogP contribution in [0.1, 0.15) is 81.8 Å². The number of aromatic amines is 1. The second-order valence-corrected chi connectivity index (χ2v) is 13.0. The van der Waals surface area contributed by atoms with Crippen LogP contribution in [-0.2, 0) is 17.6 Å². The van der Waals surface area contributed by atoms with Crippen molar-refractivity contribution in [3.8, 4) is 5.69 Å². The van der Waals surface area contributed by atoms with Gasteiger partial charge in [-0.2, -0.15) is 5.10 Å². The molecule has 214 valence electrons. The van der Waals surface area contributed by atoms with Gasteiger partial charge >= 0.3 is 6.09 Å². The molecule has 1 amide bonds. The van der Waals surface area contributed by atoms with Crippen molar-refractivity contribution in [1.29, 1.82) is 0 Å². The molecule has 0 radical (unpaired) electrons. The maximum Gasteiger partial charge on any atom is 0.410 e. The van der Waals surface area contributed by atoms with Gasteiger partial charge < -0.3 is 19.5 Å². The SMILES string of the molecule is CCCc1cc2cc(-n3nc(C)c4c3CC(C)(C)CC4=O)cc(N3CCN(C(=O)OC(C)(C)C)CC3)c2c(=O)[nH]1. The molecule has 40 heavy (non-hydrogen) atoms. The molecule has 1 aliphatic carbocycles. The molecule has 1 aliphatic heterocycles. The zero-order valence-electron chi connectivity index (χ0n) is 24.8. The van der Waals surface area contributed by atoms with Gasteiger partial charge in [0.2, 0.25) is 0 Å². The van der Waals surface area contributed by atoms with Gasteiger partial charge in [-0.25, -0.2) is 9.48 Å². The molecule has 1 saturated heterocycles. The quantitative estimate of drug-likeness (QED) is 0.483. The number of hydrogen-bond donors (Lipinski definition) is 1. The zero-order chi connectivity index (χ0) is 29.0. The number of nitrogens with zero attached hydrogens (tertiary/aromatic N) is 4. The van der Waals surface area contributed by atoms with E-state index >= 15 is 0 Å². The number of ether oxygens (including phenoxy) is 1. The fraction of sp³-hybridized carbons (Fsp3) is 0.548.